The fourth-order valence-corrected chi connectivity index (χ4v) is 9.51. The zero-order valence-electron chi connectivity index (χ0n) is 44.1. The summed E-state index contributed by atoms with van der Waals surface area (Å²) in [5.41, 5.74) is 0. The maximum atomic E-state index is 12.9. The zero-order chi connectivity index (χ0) is 50.3. The topological polar surface area (TPSA) is 178 Å². The standard InChI is InChI=1S/C56H106O12S/c1-3-5-7-9-11-13-15-17-19-21-23-24-25-26-27-28-30-32-34-36-38-40-42-44-46-64-48-50(49-65-56-54(60)55(68-69(61,62)63)53(59)51(47-57)67-56)66-52(58)45-43-41-39-37-35-33-31-29-22-20-18-16-14-12-10-8-6-4-2/h14,16,20,22,50-51,53-57,59-60H,3-13,15,17-19,21,23-49H2,1-2H3,(H,61,62,63)/b16-14-,22-20-. The number of aliphatic hydroxyl groups is 3. The van der Waals surface area contributed by atoms with Gasteiger partial charge in [-0.3, -0.25) is 9.35 Å². The van der Waals surface area contributed by atoms with E-state index in [0.29, 0.717) is 13.0 Å². The largest absolute Gasteiger partial charge is 0.457 e. The van der Waals surface area contributed by atoms with Gasteiger partial charge in [-0.05, 0) is 44.9 Å². The van der Waals surface area contributed by atoms with E-state index in [1.807, 2.05) is 0 Å². The molecular formula is C56H106O12S. The second kappa shape index (κ2) is 47.6. The molecule has 0 amide bonds. The predicted molar refractivity (Wildman–Crippen MR) is 281 cm³/mol. The lowest BCUT2D eigenvalue weighted by molar-refractivity contribution is -0.301. The van der Waals surface area contributed by atoms with Gasteiger partial charge in [0, 0.05) is 13.0 Å². The molecule has 0 saturated carbocycles. The first-order valence-electron chi connectivity index (χ1n) is 28.6. The van der Waals surface area contributed by atoms with Gasteiger partial charge in [-0.15, -0.1) is 0 Å². The van der Waals surface area contributed by atoms with Crippen LogP contribution >= 0.6 is 0 Å². The van der Waals surface area contributed by atoms with Gasteiger partial charge in [0.25, 0.3) is 0 Å². The van der Waals surface area contributed by atoms with E-state index in [2.05, 4.69) is 42.3 Å². The Morgan fingerprint density at radius 2 is 0.957 bits per heavy atom. The maximum Gasteiger partial charge on any atom is 0.397 e. The number of hydrogen-bond acceptors (Lipinski definition) is 11. The Kier molecular flexibility index (Phi) is 45.2. The van der Waals surface area contributed by atoms with Crippen LogP contribution in [0, 0.1) is 0 Å². The fourth-order valence-electron chi connectivity index (χ4n) is 9.00. The predicted octanol–water partition coefficient (Wildman–Crippen LogP) is 13.9. The highest BCUT2D eigenvalue weighted by Crippen LogP contribution is 2.26. The normalized spacial score (nSPS) is 19.3. The first-order valence-corrected chi connectivity index (χ1v) is 30.0. The van der Waals surface area contributed by atoms with E-state index in [1.54, 1.807) is 0 Å². The summed E-state index contributed by atoms with van der Waals surface area (Å²) in [5.74, 6) is -0.401. The first-order chi connectivity index (χ1) is 33.6. The number of allylic oxidation sites excluding steroid dienone is 4. The number of ether oxygens (including phenoxy) is 4. The molecule has 1 aliphatic heterocycles. The van der Waals surface area contributed by atoms with Crippen LogP contribution in [0.1, 0.15) is 264 Å². The second-order valence-corrected chi connectivity index (χ2v) is 20.9. The van der Waals surface area contributed by atoms with Crippen molar-refractivity contribution in [3.8, 4) is 0 Å². The van der Waals surface area contributed by atoms with Crippen molar-refractivity contribution in [3.05, 3.63) is 24.3 Å². The molecule has 0 aliphatic carbocycles. The number of rotatable bonds is 51. The van der Waals surface area contributed by atoms with Gasteiger partial charge >= 0.3 is 16.4 Å². The third-order valence-electron chi connectivity index (χ3n) is 13.3. The van der Waals surface area contributed by atoms with Crippen molar-refractivity contribution in [3.63, 3.8) is 0 Å². The third kappa shape index (κ3) is 40.7. The van der Waals surface area contributed by atoms with Crippen molar-refractivity contribution in [1.82, 2.24) is 0 Å². The van der Waals surface area contributed by atoms with Gasteiger partial charge in [0.15, 0.2) is 6.29 Å². The maximum absolute atomic E-state index is 12.9. The van der Waals surface area contributed by atoms with Crippen LogP contribution in [0.3, 0.4) is 0 Å². The average Bonchev–Trinajstić information content (AvgIpc) is 3.32. The smallest absolute Gasteiger partial charge is 0.397 e. The highest BCUT2D eigenvalue weighted by atomic mass is 32.3. The summed E-state index contributed by atoms with van der Waals surface area (Å²) in [6.07, 6.45) is 47.9. The highest BCUT2D eigenvalue weighted by Gasteiger charge is 2.48. The second-order valence-electron chi connectivity index (χ2n) is 19.9. The molecular weight excluding hydrogens is 897 g/mol. The van der Waals surface area contributed by atoms with Gasteiger partial charge in [0.05, 0.1) is 19.8 Å². The number of hydrogen-bond donors (Lipinski definition) is 4. The van der Waals surface area contributed by atoms with Crippen molar-refractivity contribution < 1.29 is 56.2 Å². The number of carbonyl (C=O) groups excluding carboxylic acids is 1. The molecule has 4 N–H and O–H groups in total. The Hall–Kier alpha value is -1.42. The summed E-state index contributed by atoms with van der Waals surface area (Å²) >= 11 is 0. The van der Waals surface area contributed by atoms with Gasteiger partial charge in [-0.25, -0.2) is 4.18 Å². The molecule has 1 heterocycles. The summed E-state index contributed by atoms with van der Waals surface area (Å²) in [7, 11) is -5.07. The van der Waals surface area contributed by atoms with Gasteiger partial charge in [0.1, 0.15) is 30.5 Å². The van der Waals surface area contributed by atoms with Gasteiger partial charge in [-0.1, -0.05) is 237 Å². The number of carbonyl (C=O) groups is 1. The summed E-state index contributed by atoms with van der Waals surface area (Å²) in [6, 6.07) is 0. The Morgan fingerprint density at radius 3 is 1.39 bits per heavy atom. The quantitative estimate of drug-likeness (QED) is 0.0196. The van der Waals surface area contributed by atoms with E-state index in [1.165, 1.54) is 186 Å². The van der Waals surface area contributed by atoms with Crippen molar-refractivity contribution in [2.24, 2.45) is 0 Å². The van der Waals surface area contributed by atoms with Gasteiger partial charge in [0.2, 0.25) is 0 Å². The Morgan fingerprint density at radius 1 is 0.551 bits per heavy atom. The monoisotopic (exact) mass is 1000 g/mol. The van der Waals surface area contributed by atoms with Gasteiger partial charge < -0.3 is 34.3 Å². The first kappa shape index (κ1) is 65.6. The molecule has 0 aromatic heterocycles. The Labute approximate surface area is 422 Å². The number of esters is 1. The summed E-state index contributed by atoms with van der Waals surface area (Å²) in [4.78, 5) is 12.9. The highest BCUT2D eigenvalue weighted by molar-refractivity contribution is 7.80. The minimum atomic E-state index is -5.07. The summed E-state index contributed by atoms with van der Waals surface area (Å²) in [5, 5.41) is 30.8. The van der Waals surface area contributed by atoms with Crippen LogP contribution in [0.25, 0.3) is 0 Å². The molecule has 13 heteroatoms. The van der Waals surface area contributed by atoms with E-state index in [-0.39, 0.29) is 19.6 Å². The molecule has 0 spiro atoms. The molecule has 408 valence electrons. The Balaban J connectivity index is 2.28. The van der Waals surface area contributed by atoms with Crippen LogP contribution in [0.2, 0.25) is 0 Å². The molecule has 1 aliphatic rings. The van der Waals surface area contributed by atoms with Crippen LogP contribution in [0.5, 0.6) is 0 Å². The van der Waals surface area contributed by atoms with E-state index in [9.17, 15) is 33.1 Å². The molecule has 0 bridgehead atoms. The molecule has 1 saturated heterocycles. The van der Waals surface area contributed by atoms with Crippen molar-refractivity contribution in [2.45, 2.75) is 301 Å². The van der Waals surface area contributed by atoms with E-state index < -0.39 is 59.8 Å². The average molecular weight is 1000 g/mol. The third-order valence-corrected chi connectivity index (χ3v) is 13.8. The number of unbranched alkanes of at least 4 members (excludes halogenated alkanes) is 34. The van der Waals surface area contributed by atoms with Crippen molar-refractivity contribution in [1.29, 1.82) is 0 Å². The fraction of sp³-hybridized carbons (Fsp3) is 0.911. The molecule has 69 heavy (non-hydrogen) atoms. The zero-order valence-corrected chi connectivity index (χ0v) is 45.0. The molecule has 0 radical (unpaired) electrons. The van der Waals surface area contributed by atoms with Crippen LogP contribution in [0.4, 0.5) is 0 Å². The number of aliphatic hydroxyl groups excluding tert-OH is 3. The van der Waals surface area contributed by atoms with Crippen molar-refractivity contribution in [2.75, 3.05) is 26.4 Å². The molecule has 6 unspecified atom stereocenters. The lowest BCUT2D eigenvalue weighted by Crippen LogP contribution is -2.60. The molecule has 0 aromatic carbocycles. The van der Waals surface area contributed by atoms with E-state index >= 15 is 0 Å². The van der Waals surface area contributed by atoms with E-state index in [0.717, 1.165) is 51.4 Å². The summed E-state index contributed by atoms with van der Waals surface area (Å²) < 4.78 is 59.4. The molecule has 1 rings (SSSR count). The Bertz CT molecular complexity index is 1300. The van der Waals surface area contributed by atoms with E-state index in [4.69, 9.17) is 18.9 Å². The minimum absolute atomic E-state index is 0.0376. The van der Waals surface area contributed by atoms with Crippen LogP contribution in [0.15, 0.2) is 24.3 Å². The SMILES string of the molecule is CCCCCC/C=C\C/C=C\CCCCCCCCCC(=O)OC(COCCCCCCCCCCCCCCCCCCCCCCCCCC)COC1OC(CO)C(O)C(OS(=O)(=O)O)C1O. The lowest BCUT2D eigenvalue weighted by atomic mass is 9.99. The molecule has 6 atom stereocenters. The molecule has 0 aromatic rings. The molecule has 1 fully saturated rings. The lowest BCUT2D eigenvalue weighted by Gasteiger charge is -2.41. The molecule has 12 nitrogen and oxygen atoms in total. The van der Waals surface area contributed by atoms with Crippen LogP contribution in [-0.2, 0) is 38.3 Å². The van der Waals surface area contributed by atoms with Crippen molar-refractivity contribution >= 4 is 16.4 Å². The van der Waals surface area contributed by atoms with Gasteiger partial charge in [-0.2, -0.15) is 8.42 Å². The van der Waals surface area contributed by atoms with Crippen LogP contribution < -0.4 is 0 Å². The minimum Gasteiger partial charge on any atom is -0.457 e. The summed E-state index contributed by atoms with van der Waals surface area (Å²) in [6.45, 7) is 4.02. The van der Waals surface area contributed by atoms with Crippen LogP contribution in [-0.4, -0.2) is 97.5 Å².